The van der Waals surface area contributed by atoms with E-state index in [0.717, 1.165) is 35.6 Å². The number of nitro benzene ring substituents is 1. The first-order valence-corrected chi connectivity index (χ1v) is 18.9. The number of fused-ring (bicyclic) bond motifs is 1. The average Bonchev–Trinajstić information content (AvgIpc) is 3.61. The molecule has 3 N–H and O–H groups in total. The van der Waals surface area contributed by atoms with E-state index in [4.69, 9.17) is 0 Å². The number of nitrogens with zero attached hydrogens (tertiary/aromatic N) is 5. The van der Waals surface area contributed by atoms with E-state index in [9.17, 15) is 34.7 Å². The summed E-state index contributed by atoms with van der Waals surface area (Å²) in [6.45, 7) is 3.84. The highest BCUT2D eigenvalue weighted by atomic mass is 16.6. The van der Waals surface area contributed by atoms with Gasteiger partial charge in [-0.25, -0.2) is 0 Å². The fourth-order valence-electron chi connectivity index (χ4n) is 8.19. The van der Waals surface area contributed by atoms with Crippen LogP contribution in [0, 0.1) is 16.0 Å². The standard InChI is InChI=1S/C43H46N6O7/c1-31(9-8-14-39(51)45(25-26-50)28-32-10-4-2-5-11-32)43(54)37-27-36(49(55)56)19-20-38(37)46(41(43)53)29-33-15-17-34(18-16-33)47-30-48(35-12-6-3-7-13-35)42(40(47)52)21-23-44-24-22-42/h2-13,15-20,27,31,44,50,54H,14,21-26,28-30H2,1H3/b9-8+/t31-,43+/m1/s1. The molecule has 2 saturated heterocycles. The average molecular weight is 759 g/mol. The number of aliphatic hydroxyl groups is 2. The predicted molar refractivity (Wildman–Crippen MR) is 213 cm³/mol. The Labute approximate surface area is 325 Å². The summed E-state index contributed by atoms with van der Waals surface area (Å²) in [5, 5.41) is 37.0. The van der Waals surface area contributed by atoms with Gasteiger partial charge in [-0.05, 0) is 67.4 Å². The molecule has 56 heavy (non-hydrogen) atoms. The summed E-state index contributed by atoms with van der Waals surface area (Å²) >= 11 is 0. The number of nitrogens with one attached hydrogen (secondary N) is 1. The van der Waals surface area contributed by atoms with Crippen molar-refractivity contribution < 1.29 is 29.5 Å². The minimum atomic E-state index is -2.15. The molecule has 0 radical (unpaired) electrons. The van der Waals surface area contributed by atoms with Gasteiger partial charge in [0, 0.05) is 54.5 Å². The molecule has 0 unspecified atom stereocenters. The van der Waals surface area contributed by atoms with E-state index in [2.05, 4.69) is 10.2 Å². The number of hydrogen-bond acceptors (Lipinski definition) is 9. The van der Waals surface area contributed by atoms with Crippen LogP contribution in [0.3, 0.4) is 0 Å². The molecule has 0 bridgehead atoms. The van der Waals surface area contributed by atoms with Crippen LogP contribution >= 0.6 is 0 Å². The molecule has 0 aliphatic carbocycles. The lowest BCUT2D eigenvalue weighted by molar-refractivity contribution is -0.385. The van der Waals surface area contributed by atoms with E-state index < -0.39 is 27.9 Å². The van der Waals surface area contributed by atoms with Gasteiger partial charge in [0.25, 0.3) is 17.5 Å². The van der Waals surface area contributed by atoms with Crippen LogP contribution in [0.5, 0.6) is 0 Å². The molecule has 3 amide bonds. The molecule has 13 heteroatoms. The molecule has 1 spiro atoms. The van der Waals surface area contributed by atoms with Gasteiger partial charge in [-0.15, -0.1) is 0 Å². The van der Waals surface area contributed by atoms with Crippen LogP contribution in [0.2, 0.25) is 0 Å². The van der Waals surface area contributed by atoms with Gasteiger partial charge in [0.05, 0.1) is 30.4 Å². The van der Waals surface area contributed by atoms with Gasteiger partial charge in [-0.3, -0.25) is 29.4 Å². The second kappa shape index (κ2) is 16.1. The maximum absolute atomic E-state index is 14.3. The van der Waals surface area contributed by atoms with Crippen molar-refractivity contribution in [3.63, 3.8) is 0 Å². The molecular weight excluding hydrogens is 713 g/mol. The summed E-state index contributed by atoms with van der Waals surface area (Å²) in [6, 6.07) is 30.8. The minimum Gasteiger partial charge on any atom is -0.395 e. The van der Waals surface area contributed by atoms with Gasteiger partial charge >= 0.3 is 0 Å². The molecule has 3 aliphatic rings. The summed E-state index contributed by atoms with van der Waals surface area (Å²) in [7, 11) is 0. The molecule has 2 fully saturated rings. The molecule has 3 heterocycles. The molecule has 290 valence electrons. The van der Waals surface area contributed by atoms with Crippen molar-refractivity contribution in [1.82, 2.24) is 10.2 Å². The monoisotopic (exact) mass is 758 g/mol. The summed E-state index contributed by atoms with van der Waals surface area (Å²) in [4.78, 5) is 59.8. The maximum atomic E-state index is 14.3. The molecule has 0 aromatic heterocycles. The Morgan fingerprint density at radius 1 is 0.929 bits per heavy atom. The summed E-state index contributed by atoms with van der Waals surface area (Å²) < 4.78 is 0. The van der Waals surface area contributed by atoms with Crippen LogP contribution in [0.4, 0.5) is 22.7 Å². The van der Waals surface area contributed by atoms with Crippen molar-refractivity contribution >= 4 is 40.5 Å². The molecule has 13 nitrogen and oxygen atoms in total. The van der Waals surface area contributed by atoms with Gasteiger partial charge in [-0.1, -0.05) is 79.7 Å². The molecule has 7 rings (SSSR count). The largest absolute Gasteiger partial charge is 0.395 e. The SMILES string of the molecule is C[C@H](/C=C/CC(=O)N(CCO)Cc1ccccc1)[C@@]1(O)C(=O)N(Cc2ccc(N3CN(c4ccccc4)C4(CCNCC4)C3=O)cc2)c2ccc([N+](=O)[O-])cc21. The van der Waals surface area contributed by atoms with E-state index in [1.807, 2.05) is 84.9 Å². The van der Waals surface area contributed by atoms with E-state index in [1.165, 1.54) is 28.0 Å². The Morgan fingerprint density at radius 2 is 1.61 bits per heavy atom. The van der Waals surface area contributed by atoms with Crippen molar-refractivity contribution in [3.8, 4) is 0 Å². The number of carbonyl (C=O) groups is 3. The van der Waals surface area contributed by atoms with Gasteiger partial charge in [0.2, 0.25) is 5.91 Å². The van der Waals surface area contributed by atoms with Gasteiger partial charge in [0.1, 0.15) is 5.54 Å². The zero-order valence-corrected chi connectivity index (χ0v) is 31.3. The van der Waals surface area contributed by atoms with Crippen LogP contribution in [0.1, 0.15) is 42.9 Å². The lowest BCUT2D eigenvalue weighted by Gasteiger charge is -2.39. The summed E-state index contributed by atoms with van der Waals surface area (Å²) in [5.41, 5.74) is 0.753. The number of hydrogen-bond donors (Lipinski definition) is 3. The molecule has 4 aromatic carbocycles. The lowest BCUT2D eigenvalue weighted by atomic mass is 9.82. The number of non-ortho nitro benzene ring substituents is 1. The second-order valence-electron chi connectivity index (χ2n) is 14.6. The van der Waals surface area contributed by atoms with Crippen molar-refractivity contribution in [2.24, 2.45) is 5.92 Å². The number of para-hydroxylation sites is 1. The first kappa shape index (κ1) is 38.4. The highest BCUT2D eigenvalue weighted by Crippen LogP contribution is 2.47. The van der Waals surface area contributed by atoms with E-state index >= 15 is 0 Å². The Hall–Kier alpha value is -5.89. The Bertz CT molecular complexity index is 2110. The number of anilines is 3. The van der Waals surface area contributed by atoms with E-state index in [1.54, 1.807) is 24.0 Å². The smallest absolute Gasteiger partial charge is 0.269 e. The highest BCUT2D eigenvalue weighted by molar-refractivity contribution is 6.08. The third-order valence-corrected chi connectivity index (χ3v) is 11.3. The highest BCUT2D eigenvalue weighted by Gasteiger charge is 2.54. The first-order chi connectivity index (χ1) is 27.1. The number of benzene rings is 4. The fraction of sp³-hybridized carbons (Fsp3) is 0.326. The fourth-order valence-corrected chi connectivity index (χ4v) is 8.19. The van der Waals surface area contributed by atoms with Crippen LogP contribution < -0.4 is 20.0 Å². The first-order valence-electron chi connectivity index (χ1n) is 18.9. The van der Waals surface area contributed by atoms with Crippen LogP contribution in [0.15, 0.2) is 115 Å². The molecule has 2 atom stereocenters. The summed E-state index contributed by atoms with van der Waals surface area (Å²) in [6.07, 6.45) is 4.50. The second-order valence-corrected chi connectivity index (χ2v) is 14.6. The number of aliphatic hydroxyl groups excluding tert-OH is 1. The maximum Gasteiger partial charge on any atom is 0.269 e. The van der Waals surface area contributed by atoms with Gasteiger partial charge in [0.15, 0.2) is 5.60 Å². The quantitative estimate of drug-likeness (QED) is 0.0983. The Kier molecular flexibility index (Phi) is 11.0. The third-order valence-electron chi connectivity index (χ3n) is 11.3. The van der Waals surface area contributed by atoms with Crippen LogP contribution in [-0.2, 0) is 33.1 Å². The Balaban J connectivity index is 1.10. The van der Waals surface area contributed by atoms with Crippen molar-refractivity contribution in [1.29, 1.82) is 0 Å². The number of nitro groups is 1. The van der Waals surface area contributed by atoms with Crippen molar-refractivity contribution in [2.75, 3.05) is 47.6 Å². The van der Waals surface area contributed by atoms with Crippen LogP contribution in [0.25, 0.3) is 0 Å². The van der Waals surface area contributed by atoms with E-state index in [-0.39, 0.29) is 49.2 Å². The number of rotatable bonds is 13. The number of carbonyl (C=O) groups excluding carboxylic acids is 3. The van der Waals surface area contributed by atoms with Crippen molar-refractivity contribution in [2.45, 2.75) is 50.4 Å². The molecular formula is C43H46N6O7. The minimum absolute atomic E-state index is 0.0417. The molecule has 3 aliphatic heterocycles. The predicted octanol–water partition coefficient (Wildman–Crippen LogP) is 4.87. The topological polar surface area (TPSA) is 160 Å². The molecule has 0 saturated carbocycles. The molecule has 4 aromatic rings. The number of piperidine rings is 1. The Morgan fingerprint density at radius 3 is 2.27 bits per heavy atom. The zero-order valence-electron chi connectivity index (χ0n) is 31.3. The zero-order chi connectivity index (χ0) is 39.5. The summed E-state index contributed by atoms with van der Waals surface area (Å²) in [5.74, 6) is -1.71. The third kappa shape index (κ3) is 7.16. The van der Waals surface area contributed by atoms with Crippen LogP contribution in [-0.4, -0.2) is 76.2 Å². The van der Waals surface area contributed by atoms with Gasteiger partial charge in [-0.2, -0.15) is 0 Å². The normalized spacial score (nSPS) is 19.5. The number of amides is 3. The lowest BCUT2D eigenvalue weighted by Crippen LogP contribution is -2.55. The van der Waals surface area contributed by atoms with Gasteiger partial charge < -0.3 is 30.2 Å². The van der Waals surface area contributed by atoms with Crippen molar-refractivity contribution in [3.05, 3.63) is 142 Å². The van der Waals surface area contributed by atoms with E-state index in [0.29, 0.717) is 31.7 Å².